The Morgan fingerprint density at radius 2 is 2.05 bits per heavy atom. The van der Waals surface area contributed by atoms with Gasteiger partial charge in [-0.3, -0.25) is 10.1 Å². The highest BCUT2D eigenvalue weighted by molar-refractivity contribution is 7.99. The van der Waals surface area contributed by atoms with Gasteiger partial charge in [-0.15, -0.1) is 0 Å². The molecule has 7 heteroatoms. The van der Waals surface area contributed by atoms with Crippen LogP contribution in [0.15, 0.2) is 52.5 Å². The van der Waals surface area contributed by atoms with Crippen LogP contribution in [0.3, 0.4) is 0 Å². The molecule has 0 spiro atoms. The fourth-order valence-corrected chi connectivity index (χ4v) is 2.52. The van der Waals surface area contributed by atoms with E-state index in [1.54, 1.807) is 24.3 Å². The van der Waals surface area contributed by atoms with Gasteiger partial charge in [0.15, 0.2) is 5.03 Å². The maximum Gasteiger partial charge on any atom is 0.339 e. The largest absolute Gasteiger partial charge is 0.465 e. The van der Waals surface area contributed by atoms with Gasteiger partial charge in [0.1, 0.15) is 0 Å². The summed E-state index contributed by atoms with van der Waals surface area (Å²) >= 11 is 1.06. The van der Waals surface area contributed by atoms with Gasteiger partial charge in [-0.2, -0.15) is 0 Å². The summed E-state index contributed by atoms with van der Waals surface area (Å²) in [6.07, 6.45) is 1.47. The van der Waals surface area contributed by atoms with Gasteiger partial charge in [-0.25, -0.2) is 9.78 Å². The molecule has 20 heavy (non-hydrogen) atoms. The zero-order valence-corrected chi connectivity index (χ0v) is 11.3. The van der Waals surface area contributed by atoms with Crippen LogP contribution in [0.4, 0.5) is 5.69 Å². The SMILES string of the molecule is COC(=O)c1ccccc1Sc1ncccc1[N+](=O)[O-]. The minimum Gasteiger partial charge on any atom is -0.465 e. The molecular formula is C13H10N2O4S. The molecule has 6 nitrogen and oxygen atoms in total. The molecule has 2 aromatic rings. The maximum atomic E-state index is 11.7. The third-order valence-electron chi connectivity index (χ3n) is 2.45. The molecule has 102 valence electrons. The molecule has 0 fully saturated rings. The highest BCUT2D eigenvalue weighted by atomic mass is 32.2. The van der Waals surface area contributed by atoms with Gasteiger partial charge in [0.25, 0.3) is 0 Å². The van der Waals surface area contributed by atoms with Crippen LogP contribution in [0.1, 0.15) is 10.4 Å². The van der Waals surface area contributed by atoms with Crippen molar-refractivity contribution < 1.29 is 14.5 Å². The first-order chi connectivity index (χ1) is 9.63. The van der Waals surface area contributed by atoms with Crippen LogP contribution in [-0.4, -0.2) is 23.0 Å². The molecule has 0 aliphatic rings. The lowest BCUT2D eigenvalue weighted by molar-refractivity contribution is -0.388. The fourth-order valence-electron chi connectivity index (χ4n) is 1.54. The van der Waals surface area contributed by atoms with E-state index < -0.39 is 10.9 Å². The number of carbonyl (C=O) groups excluding carboxylic acids is 1. The number of ether oxygens (including phenoxy) is 1. The second-order valence-electron chi connectivity index (χ2n) is 3.67. The van der Waals surface area contributed by atoms with E-state index in [2.05, 4.69) is 9.72 Å². The summed E-state index contributed by atoms with van der Waals surface area (Å²) in [4.78, 5) is 26.6. The first kappa shape index (κ1) is 14.0. The highest BCUT2D eigenvalue weighted by Gasteiger charge is 2.18. The molecule has 1 aromatic heterocycles. The predicted molar refractivity (Wildman–Crippen MR) is 72.8 cm³/mol. The molecule has 0 bridgehead atoms. The number of nitrogens with zero attached hydrogens (tertiary/aromatic N) is 2. The molecule has 0 aliphatic heterocycles. The number of hydrogen-bond acceptors (Lipinski definition) is 6. The Morgan fingerprint density at radius 1 is 1.30 bits per heavy atom. The number of nitro groups is 1. The predicted octanol–water partition coefficient (Wildman–Crippen LogP) is 2.93. The van der Waals surface area contributed by atoms with Gasteiger partial charge in [0, 0.05) is 17.2 Å². The summed E-state index contributed by atoms with van der Waals surface area (Å²) in [5, 5.41) is 11.2. The van der Waals surface area contributed by atoms with Gasteiger partial charge in [0.2, 0.25) is 0 Å². The van der Waals surface area contributed by atoms with Crippen molar-refractivity contribution >= 4 is 23.4 Å². The lowest BCUT2D eigenvalue weighted by Gasteiger charge is -2.06. The van der Waals surface area contributed by atoms with Crippen molar-refractivity contribution in [2.75, 3.05) is 7.11 Å². The molecule has 0 amide bonds. The molecule has 0 N–H and O–H groups in total. The standard InChI is InChI=1S/C13H10N2O4S/c1-19-13(16)9-5-2-3-7-11(9)20-12-10(15(17)18)6-4-8-14-12/h2-8H,1H3. The molecule has 0 saturated carbocycles. The third kappa shape index (κ3) is 2.94. The van der Waals surface area contributed by atoms with Crippen molar-refractivity contribution in [1.82, 2.24) is 4.98 Å². The quantitative estimate of drug-likeness (QED) is 0.489. The van der Waals surface area contributed by atoms with E-state index in [1.807, 2.05) is 0 Å². The Morgan fingerprint density at radius 3 is 2.75 bits per heavy atom. The zero-order chi connectivity index (χ0) is 14.5. The number of aromatic nitrogens is 1. The molecule has 0 radical (unpaired) electrons. The summed E-state index contributed by atoms with van der Waals surface area (Å²) in [5.74, 6) is -0.494. The number of hydrogen-bond donors (Lipinski definition) is 0. The van der Waals surface area contributed by atoms with E-state index in [0.717, 1.165) is 11.8 Å². The molecule has 0 saturated heterocycles. The van der Waals surface area contributed by atoms with E-state index in [-0.39, 0.29) is 10.7 Å². The Bertz CT molecular complexity index is 660. The molecule has 0 unspecified atom stereocenters. The van der Waals surface area contributed by atoms with Crippen molar-refractivity contribution in [2.24, 2.45) is 0 Å². The first-order valence-electron chi connectivity index (χ1n) is 5.58. The summed E-state index contributed by atoms with van der Waals surface area (Å²) in [5.41, 5.74) is 0.247. The Kier molecular flexibility index (Phi) is 4.31. The lowest BCUT2D eigenvalue weighted by atomic mass is 10.2. The van der Waals surface area contributed by atoms with Crippen LogP contribution in [-0.2, 0) is 4.74 Å². The minimum atomic E-state index is -0.504. The normalized spacial score (nSPS) is 10.1. The molecule has 1 aromatic carbocycles. The monoisotopic (exact) mass is 290 g/mol. The Hall–Kier alpha value is -2.41. The molecule has 2 rings (SSSR count). The Balaban J connectivity index is 2.41. The van der Waals surface area contributed by atoms with Crippen LogP contribution < -0.4 is 0 Å². The maximum absolute atomic E-state index is 11.7. The number of benzene rings is 1. The number of methoxy groups -OCH3 is 1. The van der Waals surface area contributed by atoms with Gasteiger partial charge in [-0.1, -0.05) is 23.9 Å². The van der Waals surface area contributed by atoms with Gasteiger partial charge >= 0.3 is 11.7 Å². The van der Waals surface area contributed by atoms with Crippen LogP contribution in [0.2, 0.25) is 0 Å². The van der Waals surface area contributed by atoms with E-state index >= 15 is 0 Å². The van der Waals surface area contributed by atoms with Crippen molar-refractivity contribution in [3.8, 4) is 0 Å². The number of pyridine rings is 1. The number of carbonyl (C=O) groups is 1. The summed E-state index contributed by atoms with van der Waals surface area (Å²) in [6.45, 7) is 0. The number of esters is 1. The third-order valence-corrected chi connectivity index (χ3v) is 3.53. The van der Waals surface area contributed by atoms with Crippen LogP contribution in [0.5, 0.6) is 0 Å². The first-order valence-corrected chi connectivity index (χ1v) is 6.39. The highest BCUT2D eigenvalue weighted by Crippen LogP contribution is 2.34. The summed E-state index contributed by atoms with van der Waals surface area (Å²) < 4.78 is 4.69. The van der Waals surface area contributed by atoms with E-state index in [4.69, 9.17) is 0 Å². The van der Waals surface area contributed by atoms with Crippen molar-refractivity contribution in [3.63, 3.8) is 0 Å². The van der Waals surface area contributed by atoms with Crippen molar-refractivity contribution in [3.05, 3.63) is 58.3 Å². The molecule has 0 aliphatic carbocycles. The topological polar surface area (TPSA) is 82.3 Å². The summed E-state index contributed by atoms with van der Waals surface area (Å²) in [6, 6.07) is 9.59. The van der Waals surface area contributed by atoms with Gasteiger partial charge in [-0.05, 0) is 18.2 Å². The fraction of sp³-hybridized carbons (Fsp3) is 0.0769. The smallest absolute Gasteiger partial charge is 0.339 e. The van der Waals surface area contributed by atoms with Crippen LogP contribution in [0, 0.1) is 10.1 Å². The van der Waals surface area contributed by atoms with E-state index in [9.17, 15) is 14.9 Å². The van der Waals surface area contributed by atoms with Gasteiger partial charge < -0.3 is 4.74 Å². The lowest BCUT2D eigenvalue weighted by Crippen LogP contribution is -2.03. The van der Waals surface area contributed by atoms with E-state index in [0.29, 0.717) is 10.5 Å². The zero-order valence-electron chi connectivity index (χ0n) is 10.5. The van der Waals surface area contributed by atoms with Gasteiger partial charge in [0.05, 0.1) is 17.6 Å². The molecule has 0 atom stereocenters. The molecule has 1 heterocycles. The van der Waals surface area contributed by atoms with Crippen LogP contribution in [0.25, 0.3) is 0 Å². The second-order valence-corrected chi connectivity index (χ2v) is 4.71. The second kappa shape index (κ2) is 6.16. The minimum absolute atomic E-state index is 0.0998. The van der Waals surface area contributed by atoms with Crippen molar-refractivity contribution in [2.45, 2.75) is 9.92 Å². The van der Waals surface area contributed by atoms with E-state index in [1.165, 1.54) is 25.4 Å². The average molecular weight is 290 g/mol. The Labute approximate surface area is 118 Å². The van der Waals surface area contributed by atoms with Crippen molar-refractivity contribution in [1.29, 1.82) is 0 Å². The number of rotatable bonds is 4. The average Bonchev–Trinajstić information content (AvgIpc) is 2.47. The van der Waals surface area contributed by atoms with Crippen LogP contribution >= 0.6 is 11.8 Å². The summed E-state index contributed by atoms with van der Waals surface area (Å²) in [7, 11) is 1.28. The molecular weight excluding hydrogens is 280 g/mol.